The normalized spacial score (nSPS) is 26.5. The molecule has 0 aliphatic carbocycles. The number of thiophene rings is 1. The lowest BCUT2D eigenvalue weighted by molar-refractivity contribution is -0.143. The van der Waals surface area contributed by atoms with E-state index in [1.54, 1.807) is 12.1 Å². The maximum atomic E-state index is 12.8. The van der Waals surface area contributed by atoms with Crippen LogP contribution in [0.25, 0.3) is 0 Å². The molecule has 134 valence electrons. The van der Waals surface area contributed by atoms with Crippen molar-refractivity contribution < 1.29 is 17.9 Å². The van der Waals surface area contributed by atoms with Crippen LogP contribution in [0.4, 0.5) is 0 Å². The summed E-state index contributed by atoms with van der Waals surface area (Å²) in [5.41, 5.74) is 0. The maximum absolute atomic E-state index is 12.8. The van der Waals surface area contributed by atoms with E-state index in [2.05, 4.69) is 15.9 Å². The highest BCUT2D eigenvalue weighted by Gasteiger charge is 2.36. The van der Waals surface area contributed by atoms with Crippen LogP contribution in [0, 0.1) is 5.92 Å². The Balaban J connectivity index is 1.71. The minimum Gasteiger partial charge on any atom is -0.375 e. The van der Waals surface area contributed by atoms with E-state index in [1.807, 2.05) is 11.8 Å². The largest absolute Gasteiger partial charge is 0.375 e. The number of hydrogen-bond donors (Lipinski definition) is 0. The number of ether oxygens (including phenoxy) is 1. The van der Waals surface area contributed by atoms with Crippen molar-refractivity contribution in [2.24, 2.45) is 5.92 Å². The molecule has 24 heavy (non-hydrogen) atoms. The Bertz CT molecular complexity index is 706. The highest BCUT2D eigenvalue weighted by molar-refractivity contribution is 9.11. The SMILES string of the molecule is C[C@H]1CN(C(=O)[C@H]2CCCN(S(=O)(=O)c3ccc(Br)s3)C2)CCO1. The zero-order chi connectivity index (χ0) is 17.3. The lowest BCUT2D eigenvalue weighted by Crippen LogP contribution is -2.51. The molecule has 3 heterocycles. The van der Waals surface area contributed by atoms with Crippen LogP contribution in [0.5, 0.6) is 0 Å². The van der Waals surface area contributed by atoms with E-state index in [4.69, 9.17) is 4.74 Å². The molecule has 0 N–H and O–H groups in total. The number of morpholine rings is 1. The van der Waals surface area contributed by atoms with Crippen LogP contribution in [0.3, 0.4) is 0 Å². The van der Waals surface area contributed by atoms with Crippen molar-refractivity contribution in [2.45, 2.75) is 30.1 Å². The van der Waals surface area contributed by atoms with Crippen molar-refractivity contribution in [2.75, 3.05) is 32.8 Å². The van der Waals surface area contributed by atoms with Crippen LogP contribution in [0.15, 0.2) is 20.1 Å². The molecule has 0 aromatic carbocycles. The summed E-state index contributed by atoms with van der Waals surface area (Å²) in [6, 6.07) is 3.35. The molecule has 0 radical (unpaired) electrons. The fraction of sp³-hybridized carbons (Fsp3) is 0.667. The Kier molecular flexibility index (Phi) is 5.65. The van der Waals surface area contributed by atoms with Crippen molar-refractivity contribution in [1.82, 2.24) is 9.21 Å². The van der Waals surface area contributed by atoms with Crippen molar-refractivity contribution in [1.29, 1.82) is 0 Å². The summed E-state index contributed by atoms with van der Waals surface area (Å²) in [5, 5.41) is 0. The second kappa shape index (κ2) is 7.41. The number of nitrogens with zero attached hydrogens (tertiary/aromatic N) is 2. The van der Waals surface area contributed by atoms with Gasteiger partial charge < -0.3 is 9.64 Å². The van der Waals surface area contributed by atoms with E-state index >= 15 is 0 Å². The predicted molar refractivity (Wildman–Crippen MR) is 95.5 cm³/mol. The van der Waals surface area contributed by atoms with Gasteiger partial charge in [-0.15, -0.1) is 11.3 Å². The summed E-state index contributed by atoms with van der Waals surface area (Å²) in [7, 11) is -3.52. The second-order valence-corrected chi connectivity index (χ2v) is 10.9. The molecule has 0 unspecified atom stereocenters. The number of piperidine rings is 1. The van der Waals surface area contributed by atoms with E-state index < -0.39 is 10.0 Å². The number of rotatable bonds is 3. The first-order valence-electron chi connectivity index (χ1n) is 8.04. The van der Waals surface area contributed by atoms with Crippen molar-refractivity contribution in [3.8, 4) is 0 Å². The van der Waals surface area contributed by atoms with Crippen LogP contribution >= 0.6 is 27.3 Å². The predicted octanol–water partition coefficient (Wildman–Crippen LogP) is 2.16. The second-order valence-electron chi connectivity index (χ2n) is 6.23. The third-order valence-electron chi connectivity index (χ3n) is 4.43. The Labute approximate surface area is 154 Å². The van der Waals surface area contributed by atoms with Gasteiger partial charge in [-0.1, -0.05) is 0 Å². The molecule has 0 bridgehead atoms. The number of amides is 1. The van der Waals surface area contributed by atoms with Gasteiger partial charge in [-0.05, 0) is 47.8 Å². The molecule has 2 aliphatic heterocycles. The number of sulfonamides is 1. The summed E-state index contributed by atoms with van der Waals surface area (Å²) in [5.74, 6) is -0.209. The van der Waals surface area contributed by atoms with E-state index in [1.165, 1.54) is 15.6 Å². The molecule has 2 aliphatic rings. The molecule has 2 atom stereocenters. The van der Waals surface area contributed by atoms with Crippen molar-refractivity contribution in [3.63, 3.8) is 0 Å². The average Bonchev–Trinajstić information content (AvgIpc) is 3.01. The van der Waals surface area contributed by atoms with Crippen molar-refractivity contribution >= 4 is 43.2 Å². The van der Waals surface area contributed by atoms with Crippen LogP contribution < -0.4 is 0 Å². The van der Waals surface area contributed by atoms with Gasteiger partial charge in [0.05, 0.1) is 22.4 Å². The van der Waals surface area contributed by atoms with Gasteiger partial charge in [0.15, 0.2) is 0 Å². The zero-order valence-corrected chi connectivity index (χ0v) is 16.7. The molecule has 1 aromatic rings. The smallest absolute Gasteiger partial charge is 0.252 e. The molecular weight excluding hydrogens is 416 g/mol. The first kappa shape index (κ1) is 18.3. The van der Waals surface area contributed by atoms with Crippen molar-refractivity contribution in [3.05, 3.63) is 15.9 Å². The summed E-state index contributed by atoms with van der Waals surface area (Å²) in [4.78, 5) is 14.6. The van der Waals surface area contributed by atoms with Gasteiger partial charge in [0, 0.05) is 26.2 Å². The first-order chi connectivity index (χ1) is 11.4. The lowest BCUT2D eigenvalue weighted by atomic mass is 9.97. The van der Waals surface area contributed by atoms with E-state index in [9.17, 15) is 13.2 Å². The Hall–Kier alpha value is -0.480. The van der Waals surface area contributed by atoms with Gasteiger partial charge in [0.1, 0.15) is 4.21 Å². The molecule has 3 rings (SSSR count). The maximum Gasteiger partial charge on any atom is 0.252 e. The van der Waals surface area contributed by atoms with Gasteiger partial charge in [-0.2, -0.15) is 4.31 Å². The van der Waals surface area contributed by atoms with E-state index in [0.717, 1.165) is 10.2 Å². The Morgan fingerprint density at radius 1 is 1.33 bits per heavy atom. The van der Waals surface area contributed by atoms with Gasteiger partial charge in [0.2, 0.25) is 5.91 Å². The quantitative estimate of drug-likeness (QED) is 0.727. The van der Waals surface area contributed by atoms with Gasteiger partial charge in [-0.25, -0.2) is 8.42 Å². The Morgan fingerprint density at radius 3 is 2.79 bits per heavy atom. The molecule has 1 aromatic heterocycles. The molecule has 9 heteroatoms. The molecule has 2 saturated heterocycles. The molecule has 1 amide bonds. The summed E-state index contributed by atoms with van der Waals surface area (Å²) in [6.07, 6.45) is 1.49. The van der Waals surface area contributed by atoms with Crippen LogP contribution in [-0.2, 0) is 19.6 Å². The van der Waals surface area contributed by atoms with Gasteiger partial charge in [0.25, 0.3) is 10.0 Å². The number of carbonyl (C=O) groups excluding carboxylic acids is 1. The monoisotopic (exact) mass is 436 g/mol. The van der Waals surface area contributed by atoms with Crippen LogP contribution in [-0.4, -0.2) is 62.4 Å². The highest BCUT2D eigenvalue weighted by Crippen LogP contribution is 2.31. The van der Waals surface area contributed by atoms with E-state index in [0.29, 0.717) is 36.9 Å². The third-order valence-corrected chi connectivity index (χ3v) is 8.39. The number of halogens is 1. The summed E-state index contributed by atoms with van der Waals surface area (Å²) < 4.78 is 33.6. The third kappa shape index (κ3) is 3.85. The average molecular weight is 437 g/mol. The minimum atomic E-state index is -3.52. The summed E-state index contributed by atoms with van der Waals surface area (Å²) >= 11 is 4.51. The molecule has 6 nitrogen and oxygen atoms in total. The summed E-state index contributed by atoms with van der Waals surface area (Å²) in [6.45, 7) is 4.41. The molecule has 0 saturated carbocycles. The topological polar surface area (TPSA) is 66.9 Å². The number of carbonyl (C=O) groups is 1. The number of hydrogen-bond acceptors (Lipinski definition) is 5. The van der Waals surface area contributed by atoms with Crippen LogP contribution in [0.2, 0.25) is 0 Å². The standard InChI is InChI=1S/C15H21BrN2O4S2/c1-11-9-17(7-8-22-11)15(19)12-3-2-6-18(10-12)24(20,21)14-5-4-13(16)23-14/h4-5,11-12H,2-3,6-10H2,1H3/t11-,12-/m0/s1. The zero-order valence-electron chi connectivity index (χ0n) is 13.5. The van der Waals surface area contributed by atoms with E-state index in [-0.39, 0.29) is 24.5 Å². The first-order valence-corrected chi connectivity index (χ1v) is 11.1. The molecule has 0 spiro atoms. The minimum absolute atomic E-state index is 0.0367. The van der Waals surface area contributed by atoms with Gasteiger partial charge >= 0.3 is 0 Å². The van der Waals surface area contributed by atoms with Gasteiger partial charge in [-0.3, -0.25) is 4.79 Å². The lowest BCUT2D eigenvalue weighted by Gasteiger charge is -2.37. The fourth-order valence-electron chi connectivity index (χ4n) is 3.20. The highest BCUT2D eigenvalue weighted by atomic mass is 79.9. The fourth-order valence-corrected chi connectivity index (χ4v) is 6.89. The molecule has 2 fully saturated rings. The molecular formula is C15H21BrN2O4S2. The Morgan fingerprint density at radius 2 is 2.12 bits per heavy atom. The van der Waals surface area contributed by atoms with Crippen LogP contribution in [0.1, 0.15) is 19.8 Å².